The van der Waals surface area contributed by atoms with Gasteiger partial charge in [-0.3, -0.25) is 0 Å². The maximum absolute atomic E-state index is 5.85. The van der Waals surface area contributed by atoms with Gasteiger partial charge in [0.2, 0.25) is 0 Å². The van der Waals surface area contributed by atoms with Crippen molar-refractivity contribution in [2.75, 3.05) is 5.88 Å². The summed E-state index contributed by atoms with van der Waals surface area (Å²) < 4.78 is 5.76. The van der Waals surface area contributed by atoms with E-state index in [-0.39, 0.29) is 0 Å². The maximum atomic E-state index is 5.85. The molecule has 0 saturated carbocycles. The lowest BCUT2D eigenvalue weighted by molar-refractivity contribution is 0.201. The van der Waals surface area contributed by atoms with E-state index in [0.717, 1.165) is 17.8 Å². The second-order valence-electron chi connectivity index (χ2n) is 3.64. The Morgan fingerprint density at radius 1 is 1.19 bits per heavy atom. The maximum Gasteiger partial charge on any atom is 0.113 e. The predicted molar refractivity (Wildman–Crippen MR) is 67.0 cm³/mol. The van der Waals surface area contributed by atoms with Gasteiger partial charge in [0, 0.05) is 12.0 Å². The average molecular weight is 234 g/mol. The Morgan fingerprint density at radius 2 is 2.00 bits per heavy atom. The first-order valence-corrected chi connectivity index (χ1v) is 5.89. The zero-order valence-corrected chi connectivity index (χ0v) is 9.78. The third-order valence-electron chi connectivity index (χ3n) is 2.46. The first-order chi connectivity index (χ1) is 7.90. The molecule has 0 bridgehead atoms. The standard InChI is InChI=1S/C14H14ClO/c15-10-13-8-4-5-9-14(13)16-11-12-6-2-1-3-7-12/h1-4,6-9H,5,10-11H2. The molecule has 2 rings (SSSR count). The molecule has 0 aromatic heterocycles. The summed E-state index contributed by atoms with van der Waals surface area (Å²) in [4.78, 5) is 0. The summed E-state index contributed by atoms with van der Waals surface area (Å²) in [5.74, 6) is 1.42. The summed E-state index contributed by atoms with van der Waals surface area (Å²) in [5.41, 5.74) is 2.23. The summed E-state index contributed by atoms with van der Waals surface area (Å²) >= 11 is 5.85. The van der Waals surface area contributed by atoms with Crippen LogP contribution in [0.4, 0.5) is 0 Å². The van der Waals surface area contributed by atoms with Gasteiger partial charge < -0.3 is 4.74 Å². The molecule has 0 unspecified atom stereocenters. The number of ether oxygens (including phenoxy) is 1. The molecule has 83 valence electrons. The number of benzene rings is 1. The summed E-state index contributed by atoms with van der Waals surface area (Å²) in [5, 5.41) is 0. The van der Waals surface area contributed by atoms with Crippen LogP contribution in [-0.4, -0.2) is 5.88 Å². The lowest BCUT2D eigenvalue weighted by Gasteiger charge is -2.15. The minimum absolute atomic E-state index is 0.497. The molecule has 0 fully saturated rings. The molecule has 0 heterocycles. The minimum Gasteiger partial charge on any atom is -0.493 e. The highest BCUT2D eigenvalue weighted by atomic mass is 35.5. The van der Waals surface area contributed by atoms with Crippen molar-refractivity contribution in [3.05, 3.63) is 65.8 Å². The van der Waals surface area contributed by atoms with Crippen LogP contribution in [-0.2, 0) is 11.3 Å². The fourth-order valence-electron chi connectivity index (χ4n) is 1.60. The lowest BCUT2D eigenvalue weighted by atomic mass is 10.1. The highest BCUT2D eigenvalue weighted by molar-refractivity contribution is 6.19. The van der Waals surface area contributed by atoms with Crippen molar-refractivity contribution in [3.63, 3.8) is 0 Å². The van der Waals surface area contributed by atoms with Crippen LogP contribution >= 0.6 is 11.6 Å². The fourth-order valence-corrected chi connectivity index (χ4v) is 1.82. The van der Waals surface area contributed by atoms with Crippen LogP contribution in [0.2, 0.25) is 0 Å². The molecule has 1 radical (unpaired) electrons. The molecule has 1 aromatic carbocycles. The van der Waals surface area contributed by atoms with E-state index in [1.54, 1.807) is 0 Å². The zero-order chi connectivity index (χ0) is 11.2. The van der Waals surface area contributed by atoms with E-state index in [1.807, 2.05) is 24.3 Å². The van der Waals surface area contributed by atoms with E-state index in [2.05, 4.69) is 24.6 Å². The fraction of sp³-hybridized carbons (Fsp3) is 0.214. The molecule has 0 spiro atoms. The van der Waals surface area contributed by atoms with Gasteiger partial charge in [0.25, 0.3) is 0 Å². The summed E-state index contributed by atoms with van der Waals surface area (Å²) in [6.07, 6.45) is 7.12. The molecule has 2 heteroatoms. The van der Waals surface area contributed by atoms with E-state index in [9.17, 15) is 0 Å². The molecule has 16 heavy (non-hydrogen) atoms. The Balaban J connectivity index is 1.99. The van der Waals surface area contributed by atoms with Crippen molar-refractivity contribution in [3.8, 4) is 0 Å². The normalized spacial score (nSPS) is 15.3. The Hall–Kier alpha value is -1.21. The van der Waals surface area contributed by atoms with Crippen LogP contribution in [0.15, 0.2) is 53.8 Å². The van der Waals surface area contributed by atoms with Crippen molar-refractivity contribution < 1.29 is 4.74 Å². The van der Waals surface area contributed by atoms with Crippen LogP contribution in [0.3, 0.4) is 0 Å². The molecular formula is C14H14ClO. The Bertz CT molecular complexity index is 392. The van der Waals surface area contributed by atoms with E-state index in [4.69, 9.17) is 16.3 Å². The summed E-state index contributed by atoms with van der Waals surface area (Å²) in [6, 6.07) is 10.1. The van der Waals surface area contributed by atoms with E-state index in [0.29, 0.717) is 12.5 Å². The number of hydrogen-bond donors (Lipinski definition) is 0. The Kier molecular flexibility index (Phi) is 4.06. The van der Waals surface area contributed by atoms with Crippen molar-refractivity contribution in [1.82, 2.24) is 0 Å². The van der Waals surface area contributed by atoms with Crippen LogP contribution in [0.5, 0.6) is 0 Å². The van der Waals surface area contributed by atoms with E-state index in [1.165, 1.54) is 5.56 Å². The first-order valence-electron chi connectivity index (χ1n) is 5.36. The van der Waals surface area contributed by atoms with Gasteiger partial charge in [-0.2, -0.15) is 0 Å². The van der Waals surface area contributed by atoms with Crippen LogP contribution in [0, 0.1) is 6.42 Å². The van der Waals surface area contributed by atoms with Crippen LogP contribution < -0.4 is 0 Å². The van der Waals surface area contributed by atoms with Gasteiger partial charge >= 0.3 is 0 Å². The predicted octanol–water partition coefficient (Wildman–Crippen LogP) is 3.86. The minimum atomic E-state index is 0.497. The smallest absolute Gasteiger partial charge is 0.113 e. The molecule has 1 aliphatic rings. The Labute approximate surface area is 101 Å². The molecule has 0 amide bonds. The van der Waals surface area contributed by atoms with Gasteiger partial charge in [0.15, 0.2) is 0 Å². The highest BCUT2D eigenvalue weighted by Gasteiger charge is 2.09. The zero-order valence-electron chi connectivity index (χ0n) is 9.03. The molecule has 1 nitrogen and oxygen atoms in total. The first kappa shape index (κ1) is 11.3. The van der Waals surface area contributed by atoms with Crippen molar-refractivity contribution in [2.24, 2.45) is 0 Å². The number of hydrogen-bond acceptors (Lipinski definition) is 1. The molecule has 0 N–H and O–H groups in total. The van der Waals surface area contributed by atoms with Crippen LogP contribution in [0.25, 0.3) is 0 Å². The third kappa shape index (κ3) is 2.89. The van der Waals surface area contributed by atoms with Gasteiger partial charge in [-0.25, -0.2) is 0 Å². The third-order valence-corrected chi connectivity index (χ3v) is 2.74. The molecule has 0 atom stereocenters. The average Bonchev–Trinajstić information content (AvgIpc) is 2.38. The number of alkyl halides is 1. The van der Waals surface area contributed by atoms with Gasteiger partial charge in [-0.15, -0.1) is 11.6 Å². The number of rotatable bonds is 4. The van der Waals surface area contributed by atoms with Gasteiger partial charge in [0.1, 0.15) is 12.4 Å². The van der Waals surface area contributed by atoms with Gasteiger partial charge in [-0.1, -0.05) is 42.5 Å². The van der Waals surface area contributed by atoms with Gasteiger partial charge in [-0.05, 0) is 12.0 Å². The quantitative estimate of drug-likeness (QED) is 0.718. The van der Waals surface area contributed by atoms with Crippen molar-refractivity contribution in [1.29, 1.82) is 0 Å². The lowest BCUT2D eigenvalue weighted by Crippen LogP contribution is -2.02. The largest absolute Gasteiger partial charge is 0.493 e. The second-order valence-corrected chi connectivity index (χ2v) is 3.91. The molecule has 1 aromatic rings. The Morgan fingerprint density at radius 3 is 2.75 bits per heavy atom. The second kappa shape index (κ2) is 5.76. The summed E-state index contributed by atoms with van der Waals surface area (Å²) in [7, 11) is 0. The highest BCUT2D eigenvalue weighted by Crippen LogP contribution is 2.21. The monoisotopic (exact) mass is 233 g/mol. The number of halogens is 1. The molecule has 1 aliphatic carbocycles. The van der Waals surface area contributed by atoms with E-state index >= 15 is 0 Å². The van der Waals surface area contributed by atoms with Gasteiger partial charge in [0.05, 0.1) is 5.88 Å². The van der Waals surface area contributed by atoms with E-state index < -0.39 is 0 Å². The SMILES string of the molecule is ClCC1=C(OCc2ccccc2)[CH]CC=C1. The topological polar surface area (TPSA) is 9.23 Å². The molecule has 0 saturated heterocycles. The molecular weight excluding hydrogens is 220 g/mol. The molecule has 0 aliphatic heterocycles. The van der Waals surface area contributed by atoms with Crippen molar-refractivity contribution in [2.45, 2.75) is 13.0 Å². The van der Waals surface area contributed by atoms with Crippen LogP contribution in [0.1, 0.15) is 12.0 Å². The number of allylic oxidation sites excluding steroid dienone is 4. The van der Waals surface area contributed by atoms with Crippen molar-refractivity contribution >= 4 is 11.6 Å². The summed E-state index contributed by atoms with van der Waals surface area (Å²) in [6.45, 7) is 0.598.